The van der Waals surface area contributed by atoms with Crippen molar-refractivity contribution in [3.8, 4) is 0 Å². The van der Waals surface area contributed by atoms with Gasteiger partial charge in [-0.15, -0.1) is 0 Å². The average molecular weight is 279 g/mol. The Bertz CT molecular complexity index is 676. The van der Waals surface area contributed by atoms with Gasteiger partial charge in [-0.25, -0.2) is 9.97 Å². The number of aromatic nitrogens is 4. The Labute approximate surface area is 113 Å². The molecule has 1 unspecified atom stereocenters. The minimum atomic E-state index is -1.08. The molecule has 0 radical (unpaired) electrons. The summed E-state index contributed by atoms with van der Waals surface area (Å²) in [6, 6.07) is 0. The van der Waals surface area contributed by atoms with Crippen molar-refractivity contribution in [3.63, 3.8) is 0 Å². The molecule has 20 heavy (non-hydrogen) atoms. The van der Waals surface area contributed by atoms with E-state index in [1.807, 2.05) is 0 Å². The van der Waals surface area contributed by atoms with Crippen molar-refractivity contribution in [1.82, 2.24) is 19.5 Å². The van der Waals surface area contributed by atoms with E-state index in [1.54, 1.807) is 4.57 Å². The number of nitrogens with two attached hydrogens (primary N) is 1. The summed E-state index contributed by atoms with van der Waals surface area (Å²) in [5, 5.41) is 19.6. The molecule has 0 amide bonds. The Morgan fingerprint density at radius 2 is 2.35 bits per heavy atom. The van der Waals surface area contributed by atoms with Crippen molar-refractivity contribution < 1.29 is 19.7 Å². The number of hydrogen-bond acceptors (Lipinski definition) is 8. The molecule has 4 heterocycles. The lowest BCUT2D eigenvalue weighted by molar-refractivity contribution is -0.185. The largest absolute Gasteiger partial charge is 0.393 e. The summed E-state index contributed by atoms with van der Waals surface area (Å²) in [4.78, 5) is 12.2. The average Bonchev–Trinajstić information content (AvgIpc) is 3.09. The fourth-order valence-corrected chi connectivity index (χ4v) is 2.78. The molecule has 9 heteroatoms. The highest BCUT2D eigenvalue weighted by Crippen LogP contribution is 2.45. The van der Waals surface area contributed by atoms with Crippen LogP contribution in [0.15, 0.2) is 12.5 Å². The molecular formula is C11H13N5O4. The van der Waals surface area contributed by atoms with Crippen LogP contribution in [0.25, 0.3) is 11.2 Å². The lowest BCUT2D eigenvalue weighted by Crippen LogP contribution is -2.44. The van der Waals surface area contributed by atoms with Crippen LogP contribution in [-0.2, 0) is 9.47 Å². The summed E-state index contributed by atoms with van der Waals surface area (Å²) < 4.78 is 13.0. The number of rotatable bonds is 2. The van der Waals surface area contributed by atoms with Gasteiger partial charge in [0.05, 0.1) is 25.7 Å². The van der Waals surface area contributed by atoms with Crippen molar-refractivity contribution >= 4 is 17.1 Å². The number of hydrogen-bond donors (Lipinski definition) is 3. The minimum Gasteiger partial charge on any atom is -0.393 e. The zero-order valence-corrected chi connectivity index (χ0v) is 10.4. The third kappa shape index (κ3) is 1.37. The van der Waals surface area contributed by atoms with E-state index in [0.29, 0.717) is 11.2 Å². The molecule has 4 N–H and O–H groups in total. The number of nitrogen functional groups attached to an aromatic ring is 1. The number of nitrogens with zero attached hydrogens (tertiary/aromatic N) is 4. The molecule has 106 valence electrons. The lowest BCUT2D eigenvalue weighted by Gasteiger charge is -2.29. The summed E-state index contributed by atoms with van der Waals surface area (Å²) in [6.45, 7) is -0.152. The monoisotopic (exact) mass is 279 g/mol. The molecule has 2 bridgehead atoms. The molecule has 2 fully saturated rings. The van der Waals surface area contributed by atoms with Gasteiger partial charge in [-0.1, -0.05) is 0 Å². The molecule has 0 aliphatic carbocycles. The van der Waals surface area contributed by atoms with Crippen LogP contribution in [0.4, 0.5) is 5.95 Å². The van der Waals surface area contributed by atoms with E-state index < -0.39 is 24.0 Å². The molecule has 4 rings (SSSR count). The van der Waals surface area contributed by atoms with Crippen molar-refractivity contribution in [1.29, 1.82) is 0 Å². The summed E-state index contributed by atoms with van der Waals surface area (Å²) in [5.74, 6) is 0.126. The van der Waals surface area contributed by atoms with Gasteiger partial charge >= 0.3 is 0 Å². The Balaban J connectivity index is 1.80. The predicted octanol–water partition coefficient (Wildman–Crippen LogP) is -1.57. The Hall–Kier alpha value is -1.81. The molecule has 2 saturated heterocycles. The molecule has 4 atom stereocenters. The van der Waals surface area contributed by atoms with Crippen LogP contribution in [0, 0.1) is 0 Å². The molecule has 9 nitrogen and oxygen atoms in total. The first-order valence-electron chi connectivity index (χ1n) is 6.18. The first-order valence-corrected chi connectivity index (χ1v) is 6.18. The zero-order chi connectivity index (χ0) is 13.9. The fraction of sp³-hybridized carbons (Fsp3) is 0.545. The second kappa shape index (κ2) is 3.85. The smallest absolute Gasteiger partial charge is 0.222 e. The Morgan fingerprint density at radius 3 is 3.10 bits per heavy atom. The molecule has 2 aromatic heterocycles. The van der Waals surface area contributed by atoms with Gasteiger partial charge < -0.3 is 25.4 Å². The highest BCUT2D eigenvalue weighted by Gasteiger charge is 2.61. The van der Waals surface area contributed by atoms with E-state index in [0.717, 1.165) is 0 Å². The van der Waals surface area contributed by atoms with Gasteiger partial charge in [0.15, 0.2) is 11.9 Å². The molecule has 0 spiro atoms. The van der Waals surface area contributed by atoms with Crippen LogP contribution >= 0.6 is 0 Å². The van der Waals surface area contributed by atoms with E-state index in [2.05, 4.69) is 15.0 Å². The van der Waals surface area contributed by atoms with Crippen molar-refractivity contribution in [2.45, 2.75) is 24.0 Å². The van der Waals surface area contributed by atoms with E-state index in [9.17, 15) is 10.2 Å². The SMILES string of the molecule is Nc1ncc2ncn([C@@H]3O[C@@]4(CO)CO[C@H]3C4O)c2n1. The Morgan fingerprint density at radius 1 is 1.50 bits per heavy atom. The summed E-state index contributed by atoms with van der Waals surface area (Å²) >= 11 is 0. The maximum absolute atomic E-state index is 10.2. The van der Waals surface area contributed by atoms with Crippen LogP contribution in [0.2, 0.25) is 0 Å². The van der Waals surface area contributed by atoms with Gasteiger partial charge in [0, 0.05) is 0 Å². The molecule has 0 aromatic carbocycles. The predicted molar refractivity (Wildman–Crippen MR) is 65.4 cm³/mol. The molecule has 2 aromatic rings. The van der Waals surface area contributed by atoms with Crippen molar-refractivity contribution in [2.75, 3.05) is 18.9 Å². The van der Waals surface area contributed by atoms with E-state index >= 15 is 0 Å². The summed E-state index contributed by atoms with van der Waals surface area (Å²) in [5.41, 5.74) is 5.57. The number of imidazole rings is 1. The molecule has 2 aliphatic rings. The zero-order valence-electron chi connectivity index (χ0n) is 10.4. The summed E-state index contributed by atoms with van der Waals surface area (Å²) in [6.07, 6.45) is 0.973. The van der Waals surface area contributed by atoms with Crippen LogP contribution in [-0.4, -0.2) is 60.8 Å². The standard InChI is InChI=1S/C11H13N5O4/c12-10-13-1-5-8(15-10)16(4-14-5)9-6-7(18)11(2-17,20-9)3-19-6/h1,4,6-7,9,17-18H,2-3H2,(H2,12,13,15)/t6-,7?,9+,11-/m0/s1. The van der Waals surface area contributed by atoms with E-state index in [1.165, 1.54) is 12.5 Å². The normalized spacial score (nSPS) is 36.0. The highest BCUT2D eigenvalue weighted by molar-refractivity contribution is 5.70. The first-order chi connectivity index (χ1) is 9.64. The molecule has 2 aliphatic heterocycles. The number of anilines is 1. The second-order valence-electron chi connectivity index (χ2n) is 5.04. The van der Waals surface area contributed by atoms with Crippen molar-refractivity contribution in [2.24, 2.45) is 0 Å². The molecular weight excluding hydrogens is 266 g/mol. The maximum Gasteiger partial charge on any atom is 0.222 e. The highest BCUT2D eigenvalue weighted by atomic mass is 16.7. The lowest BCUT2D eigenvalue weighted by atomic mass is 10.0. The first kappa shape index (κ1) is 12.0. The third-order valence-electron chi connectivity index (χ3n) is 3.88. The van der Waals surface area contributed by atoms with E-state index in [4.69, 9.17) is 15.2 Å². The van der Waals surface area contributed by atoms with Gasteiger partial charge in [-0.05, 0) is 0 Å². The minimum absolute atomic E-state index is 0.126. The topological polar surface area (TPSA) is 129 Å². The fourth-order valence-electron chi connectivity index (χ4n) is 2.78. The van der Waals surface area contributed by atoms with E-state index in [-0.39, 0.29) is 19.2 Å². The van der Waals surface area contributed by atoms with Gasteiger partial charge in [-0.3, -0.25) is 4.57 Å². The Kier molecular flexibility index (Phi) is 2.31. The van der Waals surface area contributed by atoms with Crippen LogP contribution in [0.3, 0.4) is 0 Å². The third-order valence-corrected chi connectivity index (χ3v) is 3.88. The molecule has 0 saturated carbocycles. The van der Waals surface area contributed by atoms with Gasteiger partial charge in [-0.2, -0.15) is 4.98 Å². The number of fused-ring (bicyclic) bond motifs is 3. The summed E-state index contributed by atoms with van der Waals surface area (Å²) in [7, 11) is 0. The second-order valence-corrected chi connectivity index (χ2v) is 5.04. The van der Waals surface area contributed by atoms with Gasteiger partial charge in [0.2, 0.25) is 5.95 Å². The number of ether oxygens (including phenoxy) is 2. The number of aliphatic hydroxyl groups excluding tert-OH is 2. The van der Waals surface area contributed by atoms with Crippen molar-refractivity contribution in [3.05, 3.63) is 12.5 Å². The van der Waals surface area contributed by atoms with Gasteiger partial charge in [0.25, 0.3) is 0 Å². The van der Waals surface area contributed by atoms with Crippen LogP contribution in [0.5, 0.6) is 0 Å². The van der Waals surface area contributed by atoms with Gasteiger partial charge in [0.1, 0.15) is 23.3 Å². The van der Waals surface area contributed by atoms with Crippen LogP contribution in [0.1, 0.15) is 6.23 Å². The van der Waals surface area contributed by atoms with Crippen LogP contribution < -0.4 is 5.73 Å². The maximum atomic E-state index is 10.2. The number of aliphatic hydroxyl groups is 2. The quantitative estimate of drug-likeness (QED) is 0.601.